The molecule has 8 heteroatoms. The lowest BCUT2D eigenvalue weighted by molar-refractivity contribution is -0.140. The summed E-state index contributed by atoms with van der Waals surface area (Å²) in [5.41, 5.74) is 7.45. The van der Waals surface area contributed by atoms with Crippen LogP contribution in [0.25, 0.3) is 11.2 Å². The number of rotatable bonds is 2. The van der Waals surface area contributed by atoms with Gasteiger partial charge < -0.3 is 20.5 Å². The molecular weight excluding hydrogens is 318 g/mol. The smallest absolute Gasteiger partial charge is 0.224 e. The van der Waals surface area contributed by atoms with Crippen molar-refractivity contribution in [1.29, 1.82) is 0 Å². The van der Waals surface area contributed by atoms with Gasteiger partial charge in [0.1, 0.15) is 5.52 Å². The highest BCUT2D eigenvalue weighted by atomic mass is 16.2. The van der Waals surface area contributed by atoms with Gasteiger partial charge in [-0.3, -0.25) is 4.79 Å². The summed E-state index contributed by atoms with van der Waals surface area (Å²) in [6, 6.07) is 0.245. The van der Waals surface area contributed by atoms with Gasteiger partial charge in [-0.2, -0.15) is 9.97 Å². The molecule has 1 amide bonds. The Labute approximate surface area is 146 Å². The van der Waals surface area contributed by atoms with Crippen molar-refractivity contribution in [2.75, 3.05) is 30.3 Å². The minimum absolute atomic E-state index is 0.127. The van der Waals surface area contributed by atoms with Crippen LogP contribution in [0.15, 0.2) is 6.33 Å². The third-order valence-corrected chi connectivity index (χ3v) is 5.56. The van der Waals surface area contributed by atoms with Gasteiger partial charge in [-0.25, -0.2) is 4.98 Å². The van der Waals surface area contributed by atoms with Crippen molar-refractivity contribution in [3.63, 3.8) is 0 Å². The van der Waals surface area contributed by atoms with E-state index >= 15 is 0 Å². The number of carbonyl (C=O) groups excluding carboxylic acids is 1. The zero-order chi connectivity index (χ0) is 17.6. The molecule has 0 unspecified atom stereocenters. The van der Waals surface area contributed by atoms with Gasteiger partial charge in [0, 0.05) is 37.5 Å². The number of piperidine rings is 2. The van der Waals surface area contributed by atoms with E-state index in [9.17, 15) is 4.79 Å². The molecule has 8 nitrogen and oxygen atoms in total. The second kappa shape index (κ2) is 5.86. The number of fused-ring (bicyclic) bond motifs is 1. The van der Waals surface area contributed by atoms with Crippen LogP contribution in [0, 0.1) is 5.41 Å². The fourth-order valence-electron chi connectivity index (χ4n) is 4.30. The number of amides is 1. The fraction of sp³-hybridized carbons (Fsp3) is 0.647. The lowest BCUT2D eigenvalue weighted by Crippen LogP contribution is -2.55. The largest absolute Gasteiger partial charge is 0.368 e. The van der Waals surface area contributed by atoms with Crippen molar-refractivity contribution < 1.29 is 4.79 Å². The molecule has 0 bridgehead atoms. The average molecular weight is 343 g/mol. The summed E-state index contributed by atoms with van der Waals surface area (Å²) in [6.07, 6.45) is 5.43. The number of carbonyl (C=O) groups is 1. The normalized spacial score (nSPS) is 24.7. The Kier molecular flexibility index (Phi) is 3.77. The maximum atomic E-state index is 12.3. The Morgan fingerprint density at radius 2 is 2.12 bits per heavy atom. The predicted molar refractivity (Wildman–Crippen MR) is 96.1 cm³/mol. The third-order valence-electron chi connectivity index (χ3n) is 5.56. The van der Waals surface area contributed by atoms with Gasteiger partial charge in [-0.05, 0) is 33.1 Å². The number of aromatic nitrogens is 4. The van der Waals surface area contributed by atoms with Crippen molar-refractivity contribution in [3.05, 3.63) is 6.33 Å². The molecule has 2 aromatic heterocycles. The van der Waals surface area contributed by atoms with Crippen LogP contribution in [-0.4, -0.2) is 56.4 Å². The Hall–Kier alpha value is -2.38. The number of nitrogens with one attached hydrogen (secondary N) is 1. The first-order chi connectivity index (χ1) is 12.0. The van der Waals surface area contributed by atoms with E-state index in [1.165, 1.54) is 0 Å². The monoisotopic (exact) mass is 343 g/mol. The molecule has 0 saturated carbocycles. The summed E-state index contributed by atoms with van der Waals surface area (Å²) >= 11 is 0. The van der Waals surface area contributed by atoms with E-state index in [0.29, 0.717) is 12.1 Å². The number of likely N-dealkylation sites (tertiary alicyclic amines) is 1. The van der Waals surface area contributed by atoms with E-state index in [4.69, 9.17) is 5.73 Å². The van der Waals surface area contributed by atoms with Gasteiger partial charge in [-0.15, -0.1) is 0 Å². The number of anilines is 2. The van der Waals surface area contributed by atoms with Crippen LogP contribution in [-0.2, 0) is 4.79 Å². The molecule has 2 saturated heterocycles. The standard InChI is InChI=1S/C17H25N7O/c1-11(2)24-9-17(6-4-12(24)25)5-3-7-23(8-17)15-13-14(20-10-19-13)21-16(18)22-15/h10-11H,3-9H2,1-2H3,(H3,18,19,20,21,22)/t17-/m1/s1. The van der Waals surface area contributed by atoms with E-state index < -0.39 is 0 Å². The third kappa shape index (κ3) is 2.79. The van der Waals surface area contributed by atoms with Gasteiger partial charge in [0.15, 0.2) is 11.5 Å². The van der Waals surface area contributed by atoms with Crippen molar-refractivity contribution in [2.24, 2.45) is 5.41 Å². The lowest BCUT2D eigenvalue weighted by atomic mass is 9.73. The Balaban J connectivity index is 1.64. The van der Waals surface area contributed by atoms with E-state index in [2.05, 4.69) is 38.7 Å². The second-order valence-corrected chi connectivity index (χ2v) is 7.65. The predicted octanol–water partition coefficient (Wildman–Crippen LogP) is 1.55. The minimum atomic E-state index is 0.127. The summed E-state index contributed by atoms with van der Waals surface area (Å²) in [5.74, 6) is 1.35. The zero-order valence-electron chi connectivity index (χ0n) is 14.8. The van der Waals surface area contributed by atoms with E-state index in [1.807, 2.05) is 4.90 Å². The van der Waals surface area contributed by atoms with Crippen molar-refractivity contribution in [1.82, 2.24) is 24.8 Å². The number of nitrogens with zero attached hydrogens (tertiary/aromatic N) is 5. The first-order valence-electron chi connectivity index (χ1n) is 8.98. The SMILES string of the molecule is CC(C)N1C[C@]2(CCCN(c3nc(N)nc4nc[nH]c34)C2)CCC1=O. The van der Waals surface area contributed by atoms with Crippen LogP contribution in [0.1, 0.15) is 39.5 Å². The molecular formula is C17H25N7O. The number of hydrogen-bond acceptors (Lipinski definition) is 6. The van der Waals surface area contributed by atoms with Gasteiger partial charge in [-0.1, -0.05) is 0 Å². The molecule has 2 aliphatic rings. The van der Waals surface area contributed by atoms with Crippen molar-refractivity contribution in [3.8, 4) is 0 Å². The number of nitrogen functional groups attached to an aromatic ring is 1. The quantitative estimate of drug-likeness (QED) is 0.857. The molecule has 2 fully saturated rings. The van der Waals surface area contributed by atoms with Crippen LogP contribution in [0.3, 0.4) is 0 Å². The summed E-state index contributed by atoms with van der Waals surface area (Å²) < 4.78 is 0. The maximum Gasteiger partial charge on any atom is 0.224 e. The number of imidazole rings is 1. The first kappa shape index (κ1) is 16.1. The first-order valence-corrected chi connectivity index (χ1v) is 8.98. The molecule has 0 radical (unpaired) electrons. The molecule has 3 N–H and O–H groups in total. The fourth-order valence-corrected chi connectivity index (χ4v) is 4.30. The molecule has 1 atom stereocenters. The molecule has 0 aromatic carbocycles. The number of hydrogen-bond donors (Lipinski definition) is 2. The Morgan fingerprint density at radius 3 is 2.92 bits per heavy atom. The lowest BCUT2D eigenvalue weighted by Gasteiger charge is -2.49. The van der Waals surface area contributed by atoms with Crippen LogP contribution >= 0.6 is 0 Å². The van der Waals surface area contributed by atoms with Crippen LogP contribution in [0.4, 0.5) is 11.8 Å². The Bertz CT molecular complexity index is 801. The summed E-state index contributed by atoms with van der Waals surface area (Å²) in [4.78, 5) is 32.6. The molecule has 25 heavy (non-hydrogen) atoms. The topological polar surface area (TPSA) is 104 Å². The highest BCUT2D eigenvalue weighted by Crippen LogP contribution is 2.41. The highest BCUT2D eigenvalue weighted by molar-refractivity contribution is 5.84. The van der Waals surface area contributed by atoms with Crippen molar-refractivity contribution in [2.45, 2.75) is 45.6 Å². The maximum absolute atomic E-state index is 12.3. The Morgan fingerprint density at radius 1 is 1.28 bits per heavy atom. The van der Waals surface area contributed by atoms with E-state index in [-0.39, 0.29) is 23.3 Å². The molecule has 0 aliphatic carbocycles. The van der Waals surface area contributed by atoms with Gasteiger partial charge >= 0.3 is 0 Å². The van der Waals surface area contributed by atoms with E-state index in [0.717, 1.165) is 50.2 Å². The molecule has 4 rings (SSSR count). The zero-order valence-corrected chi connectivity index (χ0v) is 14.8. The van der Waals surface area contributed by atoms with Gasteiger partial charge in [0.25, 0.3) is 0 Å². The summed E-state index contributed by atoms with van der Waals surface area (Å²) in [5, 5.41) is 0. The molecule has 2 aromatic rings. The number of nitrogens with two attached hydrogens (primary N) is 1. The van der Waals surface area contributed by atoms with Crippen LogP contribution in [0.5, 0.6) is 0 Å². The molecule has 4 heterocycles. The van der Waals surface area contributed by atoms with Gasteiger partial charge in [0.2, 0.25) is 11.9 Å². The van der Waals surface area contributed by atoms with E-state index in [1.54, 1.807) is 6.33 Å². The number of H-pyrrole nitrogens is 1. The minimum Gasteiger partial charge on any atom is -0.368 e. The summed E-state index contributed by atoms with van der Waals surface area (Å²) in [7, 11) is 0. The van der Waals surface area contributed by atoms with Crippen LogP contribution < -0.4 is 10.6 Å². The summed E-state index contributed by atoms with van der Waals surface area (Å²) in [6.45, 7) is 6.83. The molecule has 2 aliphatic heterocycles. The number of aromatic amines is 1. The second-order valence-electron chi connectivity index (χ2n) is 7.65. The molecule has 1 spiro atoms. The van der Waals surface area contributed by atoms with Gasteiger partial charge in [0.05, 0.1) is 6.33 Å². The van der Waals surface area contributed by atoms with Crippen molar-refractivity contribution >= 4 is 28.8 Å². The highest BCUT2D eigenvalue weighted by Gasteiger charge is 2.43. The average Bonchev–Trinajstić information content (AvgIpc) is 3.05. The van der Waals surface area contributed by atoms with Crippen LogP contribution in [0.2, 0.25) is 0 Å². The molecule has 134 valence electrons.